The second kappa shape index (κ2) is 8.80. The van der Waals surface area contributed by atoms with Crippen molar-refractivity contribution in [2.45, 2.75) is 55.2 Å². The van der Waals surface area contributed by atoms with Gasteiger partial charge < -0.3 is 19.1 Å². The molecular weight excluding hydrogens is 470 g/mol. The fourth-order valence-corrected chi connectivity index (χ4v) is 7.24. The van der Waals surface area contributed by atoms with Crippen LogP contribution in [0.3, 0.4) is 0 Å². The second-order valence-electron chi connectivity index (χ2n) is 9.55. The summed E-state index contributed by atoms with van der Waals surface area (Å²) in [6.45, 7) is 2.37. The van der Waals surface area contributed by atoms with E-state index in [0.717, 1.165) is 23.1 Å². The normalized spacial score (nSPS) is 27.7. The number of ether oxygens (including phenoxy) is 3. The summed E-state index contributed by atoms with van der Waals surface area (Å²) in [6, 6.07) is 10.4. The molecule has 2 fully saturated rings. The lowest BCUT2D eigenvalue weighted by Crippen LogP contribution is -2.53. The molecule has 5 rings (SSSR count). The highest BCUT2D eigenvalue weighted by Gasteiger charge is 2.64. The maximum absolute atomic E-state index is 13.8. The molecular formula is C26H31NO7S. The summed E-state index contributed by atoms with van der Waals surface area (Å²) >= 11 is 0. The minimum atomic E-state index is -4.15. The van der Waals surface area contributed by atoms with Gasteiger partial charge in [0.15, 0.2) is 17.6 Å². The lowest BCUT2D eigenvalue weighted by molar-refractivity contribution is -0.136. The lowest BCUT2D eigenvalue weighted by atomic mass is 9.65. The Kier molecular flexibility index (Phi) is 6.05. The Bertz CT molecular complexity index is 1240. The summed E-state index contributed by atoms with van der Waals surface area (Å²) in [5, 5.41) is 0. The summed E-state index contributed by atoms with van der Waals surface area (Å²) in [5.74, 6) is 0.533. The van der Waals surface area contributed by atoms with Gasteiger partial charge >= 0.3 is 0 Å². The van der Waals surface area contributed by atoms with Gasteiger partial charge in [-0.25, -0.2) is 0 Å². The van der Waals surface area contributed by atoms with Crippen LogP contribution in [0.15, 0.2) is 41.3 Å². The first kappa shape index (κ1) is 24.1. The average Bonchev–Trinajstić information content (AvgIpc) is 3.10. The molecule has 8 nitrogen and oxygen atoms in total. The van der Waals surface area contributed by atoms with Crippen LogP contribution < -0.4 is 9.47 Å². The third-order valence-electron chi connectivity index (χ3n) is 7.89. The van der Waals surface area contributed by atoms with Gasteiger partial charge in [-0.05, 0) is 68.0 Å². The molecule has 0 unspecified atom stereocenters. The molecule has 1 aliphatic carbocycles. The van der Waals surface area contributed by atoms with E-state index in [2.05, 4.69) is 0 Å². The van der Waals surface area contributed by atoms with E-state index in [4.69, 9.17) is 18.4 Å². The summed E-state index contributed by atoms with van der Waals surface area (Å²) < 4.78 is 49.0. The number of benzene rings is 2. The zero-order valence-corrected chi connectivity index (χ0v) is 21.3. The van der Waals surface area contributed by atoms with E-state index in [1.54, 1.807) is 33.5 Å². The van der Waals surface area contributed by atoms with Crippen molar-refractivity contribution in [3.05, 3.63) is 53.1 Å². The number of hydrogen-bond acceptors (Lipinski definition) is 7. The SMILES string of the molecule is COc1cc2c(cc1OC)[C@]13CC[C@H](OC)C[C@@H]1[C@@H](OS(=O)(=O)c1ccc(C)cc1)C(=O)N3CC2. The zero-order chi connectivity index (χ0) is 25.0. The summed E-state index contributed by atoms with van der Waals surface area (Å²) in [4.78, 5) is 15.7. The quantitative estimate of drug-likeness (QED) is 0.562. The molecule has 1 saturated carbocycles. The van der Waals surface area contributed by atoms with Crippen molar-refractivity contribution in [1.29, 1.82) is 0 Å². The molecule has 2 heterocycles. The van der Waals surface area contributed by atoms with Crippen LogP contribution in [-0.2, 0) is 35.8 Å². The van der Waals surface area contributed by atoms with Gasteiger partial charge in [-0.15, -0.1) is 0 Å². The van der Waals surface area contributed by atoms with E-state index < -0.39 is 27.7 Å². The molecule has 0 aromatic heterocycles. The van der Waals surface area contributed by atoms with E-state index in [9.17, 15) is 13.2 Å². The predicted molar refractivity (Wildman–Crippen MR) is 128 cm³/mol. The molecule has 0 bridgehead atoms. The minimum absolute atomic E-state index is 0.0423. The molecule has 1 spiro atoms. The monoisotopic (exact) mass is 501 g/mol. The number of hydrogen-bond donors (Lipinski definition) is 0. The lowest BCUT2D eigenvalue weighted by Gasteiger charge is -2.50. The van der Waals surface area contributed by atoms with Crippen LogP contribution in [-0.4, -0.2) is 59.3 Å². The Labute approximate surface area is 206 Å². The van der Waals surface area contributed by atoms with Crippen molar-refractivity contribution >= 4 is 16.0 Å². The molecule has 188 valence electrons. The Morgan fingerprint density at radius 2 is 1.71 bits per heavy atom. The summed E-state index contributed by atoms with van der Waals surface area (Å²) in [5.41, 5.74) is 2.31. The molecule has 9 heteroatoms. The maximum atomic E-state index is 13.8. The van der Waals surface area contributed by atoms with E-state index >= 15 is 0 Å². The van der Waals surface area contributed by atoms with Crippen LogP contribution in [0.5, 0.6) is 11.5 Å². The van der Waals surface area contributed by atoms with Gasteiger partial charge in [0.1, 0.15) is 0 Å². The number of fused-ring (bicyclic) bond motifs is 1. The molecule has 2 aromatic rings. The number of aryl methyl sites for hydroxylation is 1. The van der Waals surface area contributed by atoms with Gasteiger partial charge in [-0.1, -0.05) is 17.7 Å². The van der Waals surface area contributed by atoms with Crippen molar-refractivity contribution in [2.24, 2.45) is 5.92 Å². The number of methoxy groups -OCH3 is 3. The fourth-order valence-electron chi connectivity index (χ4n) is 6.17. The van der Waals surface area contributed by atoms with Crippen LogP contribution >= 0.6 is 0 Å². The molecule has 0 radical (unpaired) electrons. The largest absolute Gasteiger partial charge is 0.493 e. The highest BCUT2D eigenvalue weighted by molar-refractivity contribution is 7.86. The molecule has 2 aromatic carbocycles. The number of carbonyl (C=O) groups is 1. The van der Waals surface area contributed by atoms with Crippen molar-refractivity contribution in [2.75, 3.05) is 27.9 Å². The van der Waals surface area contributed by atoms with E-state index in [1.165, 1.54) is 12.1 Å². The first-order chi connectivity index (χ1) is 16.7. The molecule has 4 atom stereocenters. The van der Waals surface area contributed by atoms with Crippen LogP contribution in [0.25, 0.3) is 0 Å². The van der Waals surface area contributed by atoms with Crippen LogP contribution in [0.2, 0.25) is 0 Å². The average molecular weight is 502 g/mol. The first-order valence-corrected chi connectivity index (χ1v) is 13.3. The first-order valence-electron chi connectivity index (χ1n) is 11.8. The van der Waals surface area contributed by atoms with Gasteiger partial charge in [0, 0.05) is 19.6 Å². The van der Waals surface area contributed by atoms with Crippen molar-refractivity contribution in [1.82, 2.24) is 4.90 Å². The van der Waals surface area contributed by atoms with Crippen LogP contribution in [0, 0.1) is 12.8 Å². The third kappa shape index (κ3) is 3.72. The zero-order valence-electron chi connectivity index (χ0n) is 20.4. The smallest absolute Gasteiger partial charge is 0.297 e. The summed E-state index contributed by atoms with van der Waals surface area (Å²) in [6.07, 6.45) is 1.34. The van der Waals surface area contributed by atoms with Gasteiger partial charge in [-0.2, -0.15) is 8.42 Å². The van der Waals surface area contributed by atoms with Crippen LogP contribution in [0.4, 0.5) is 0 Å². The van der Waals surface area contributed by atoms with Gasteiger partial charge in [0.05, 0.1) is 30.8 Å². The second-order valence-corrected chi connectivity index (χ2v) is 11.1. The Morgan fingerprint density at radius 3 is 2.37 bits per heavy atom. The molecule has 35 heavy (non-hydrogen) atoms. The van der Waals surface area contributed by atoms with E-state index in [-0.39, 0.29) is 16.9 Å². The third-order valence-corrected chi connectivity index (χ3v) is 9.20. The highest BCUT2D eigenvalue weighted by atomic mass is 32.2. The fraction of sp³-hybridized carbons (Fsp3) is 0.500. The molecule has 1 amide bonds. The van der Waals surface area contributed by atoms with E-state index in [1.807, 2.05) is 24.0 Å². The molecule has 0 N–H and O–H groups in total. The Balaban J connectivity index is 1.61. The highest BCUT2D eigenvalue weighted by Crippen LogP contribution is 2.57. The van der Waals surface area contributed by atoms with Gasteiger partial charge in [0.2, 0.25) is 0 Å². The topological polar surface area (TPSA) is 91.4 Å². The number of rotatable bonds is 6. The summed E-state index contributed by atoms with van der Waals surface area (Å²) in [7, 11) is 0.689. The Hall–Kier alpha value is -2.62. The van der Waals surface area contributed by atoms with E-state index in [0.29, 0.717) is 37.3 Å². The van der Waals surface area contributed by atoms with Crippen molar-refractivity contribution in [3.8, 4) is 11.5 Å². The van der Waals surface area contributed by atoms with Gasteiger partial charge in [0.25, 0.3) is 16.0 Å². The number of carbonyl (C=O) groups excluding carboxylic acids is 1. The predicted octanol–water partition coefficient (Wildman–Crippen LogP) is 3.20. The van der Waals surface area contributed by atoms with Crippen LogP contribution in [0.1, 0.15) is 36.0 Å². The number of nitrogens with zero attached hydrogens (tertiary/aromatic N) is 1. The maximum Gasteiger partial charge on any atom is 0.297 e. The molecule has 1 saturated heterocycles. The van der Waals surface area contributed by atoms with Crippen molar-refractivity contribution < 1.29 is 31.6 Å². The van der Waals surface area contributed by atoms with Crippen molar-refractivity contribution in [3.63, 3.8) is 0 Å². The molecule has 3 aliphatic rings. The Morgan fingerprint density at radius 1 is 1.03 bits per heavy atom. The number of amides is 1. The molecule has 2 aliphatic heterocycles. The minimum Gasteiger partial charge on any atom is -0.493 e. The standard InChI is InChI=1S/C26H31NO7S/c1-16-5-7-19(8-6-16)35(29,30)34-24-21-14-18(31-2)9-11-26(21)20-15-23(33-4)22(32-3)13-17(20)10-12-27(26)25(24)28/h5-8,13,15,18,21,24H,9-12,14H2,1-4H3/t18-,21+,24+,26+/m0/s1. The van der Waals surface area contributed by atoms with Gasteiger partial charge in [-0.3, -0.25) is 8.98 Å².